The number of nitrogens with zero attached hydrogens (tertiary/aromatic N) is 4. The lowest BCUT2D eigenvalue weighted by Crippen LogP contribution is -2.55. The number of alkyl carbamates (subject to hydrolysis) is 2. The minimum atomic E-state index is -0.729. The van der Waals surface area contributed by atoms with E-state index in [0.717, 1.165) is 60.5 Å². The van der Waals surface area contributed by atoms with Crippen molar-refractivity contribution < 1.29 is 33.4 Å². The van der Waals surface area contributed by atoms with Gasteiger partial charge < -0.3 is 40.0 Å². The summed E-state index contributed by atoms with van der Waals surface area (Å²) in [7, 11) is 2.58. The molecule has 57 heavy (non-hydrogen) atoms. The summed E-state index contributed by atoms with van der Waals surface area (Å²) in [5.41, 5.74) is 10.3. The second-order valence-electron chi connectivity index (χ2n) is 16.7. The molecule has 3 N–H and O–H groups in total. The van der Waals surface area contributed by atoms with E-state index in [0.29, 0.717) is 44.6 Å². The van der Waals surface area contributed by atoms with E-state index >= 15 is 0 Å². The molecule has 14 nitrogen and oxygen atoms in total. The Morgan fingerprint density at radius 3 is 2.18 bits per heavy atom. The van der Waals surface area contributed by atoms with Gasteiger partial charge in [-0.3, -0.25) is 19.6 Å². The van der Waals surface area contributed by atoms with Crippen molar-refractivity contribution in [1.29, 1.82) is 0 Å². The number of nitrogens with one attached hydrogen (secondary N) is 3. The number of anilines is 1. The molecular formula is C43H51N7O7. The molecule has 5 aliphatic heterocycles. The fourth-order valence-electron chi connectivity index (χ4n) is 10.3. The lowest BCUT2D eigenvalue weighted by Gasteiger charge is -2.44. The van der Waals surface area contributed by atoms with E-state index in [-0.39, 0.29) is 23.9 Å². The maximum Gasteiger partial charge on any atom is 0.407 e. The van der Waals surface area contributed by atoms with Gasteiger partial charge in [-0.15, -0.1) is 0 Å². The molecule has 2 aromatic rings. The number of carbonyl (C=O) groups excluding carboxylic acids is 4. The Morgan fingerprint density at radius 2 is 1.54 bits per heavy atom. The number of methoxy groups -OCH3 is 2. The summed E-state index contributed by atoms with van der Waals surface area (Å²) < 4.78 is 15.2. The van der Waals surface area contributed by atoms with Gasteiger partial charge in [0, 0.05) is 42.7 Å². The molecular weight excluding hydrogens is 727 g/mol. The van der Waals surface area contributed by atoms with E-state index in [4.69, 9.17) is 24.2 Å². The number of hydrogen-bond acceptors (Lipinski definition) is 10. The van der Waals surface area contributed by atoms with Crippen LogP contribution in [0.4, 0.5) is 15.3 Å². The quantitative estimate of drug-likeness (QED) is 0.333. The molecule has 4 fully saturated rings. The highest BCUT2D eigenvalue weighted by molar-refractivity contribution is 6.06. The first-order valence-corrected chi connectivity index (χ1v) is 20.4. The second kappa shape index (κ2) is 14.6. The molecule has 2 aliphatic carbocycles. The van der Waals surface area contributed by atoms with Crippen LogP contribution in [0.5, 0.6) is 0 Å². The van der Waals surface area contributed by atoms with Crippen molar-refractivity contribution in [3.63, 3.8) is 0 Å². The molecule has 9 rings (SSSR count). The Morgan fingerprint density at radius 1 is 0.877 bits per heavy atom. The molecule has 0 radical (unpaired) electrons. The topological polar surface area (TPSA) is 163 Å². The molecule has 6 atom stereocenters. The molecule has 4 amide bonds. The monoisotopic (exact) mass is 777 g/mol. The average Bonchev–Trinajstić information content (AvgIpc) is 4.02. The van der Waals surface area contributed by atoms with Crippen LogP contribution in [-0.2, 0) is 35.8 Å². The zero-order valence-corrected chi connectivity index (χ0v) is 33.1. The van der Waals surface area contributed by atoms with Crippen LogP contribution < -0.4 is 16.0 Å². The first-order valence-electron chi connectivity index (χ1n) is 20.4. The summed E-state index contributed by atoms with van der Waals surface area (Å²) in [4.78, 5) is 64.6. The van der Waals surface area contributed by atoms with E-state index in [1.54, 1.807) is 13.8 Å². The summed E-state index contributed by atoms with van der Waals surface area (Å²) in [5.74, 6) is 1.65. The smallest absolute Gasteiger partial charge is 0.407 e. The average molecular weight is 778 g/mol. The first kappa shape index (κ1) is 37.3. The van der Waals surface area contributed by atoms with Crippen molar-refractivity contribution in [2.75, 3.05) is 45.8 Å². The highest BCUT2D eigenvalue weighted by Gasteiger charge is 2.48. The van der Waals surface area contributed by atoms with Gasteiger partial charge in [0.25, 0.3) is 0 Å². The molecule has 2 aromatic carbocycles. The highest BCUT2D eigenvalue weighted by Crippen LogP contribution is 2.56. The van der Waals surface area contributed by atoms with Crippen LogP contribution in [0.2, 0.25) is 0 Å². The summed E-state index contributed by atoms with van der Waals surface area (Å²) in [5, 5.41) is 8.92. The van der Waals surface area contributed by atoms with Crippen LogP contribution in [0.25, 0.3) is 16.7 Å². The van der Waals surface area contributed by atoms with Crippen molar-refractivity contribution in [3.8, 4) is 11.1 Å². The maximum absolute atomic E-state index is 13.6. The summed E-state index contributed by atoms with van der Waals surface area (Å²) in [6, 6.07) is 9.48. The van der Waals surface area contributed by atoms with Crippen molar-refractivity contribution >= 4 is 46.8 Å². The third-order valence-corrected chi connectivity index (χ3v) is 13.4. The molecule has 14 heteroatoms. The van der Waals surface area contributed by atoms with E-state index in [2.05, 4.69) is 46.3 Å². The lowest BCUT2D eigenvalue weighted by molar-refractivity contribution is -0.133. The van der Waals surface area contributed by atoms with Crippen molar-refractivity contribution in [3.05, 3.63) is 58.8 Å². The number of hydrogen-bond donors (Lipinski definition) is 3. The fourth-order valence-corrected chi connectivity index (χ4v) is 10.3. The number of likely N-dealkylation sites (tertiary alicyclic amines) is 2. The highest BCUT2D eigenvalue weighted by atomic mass is 16.5. The Kier molecular flexibility index (Phi) is 9.57. The standard InChI is InChI=1S/C43H51N7O7/c1-23(45-41(53)55-3)39(51)49-15-5-7-35(49)34-19-27(20-44-34)30-13-12-28(31-17-25-9-11-29(25)37(30)31)26-10-14-32-33(18-26)47-38(48-43(32)21-57-22-43)36-8-6-16-50(36)40(52)24(2)46-42(54)56-4/h10,12-14,18,20,23-25,29,35-36H,5-9,11,15-17,19,21-22H2,1-4H3,(H,45,53)(H,46,54)(H,47,48)/t23-,24-,25?,29?,35-,36?/m0/s1. The predicted octanol–water partition coefficient (Wildman–Crippen LogP) is 5.11. The Bertz CT molecular complexity index is 2120. The van der Waals surface area contributed by atoms with E-state index in [1.807, 2.05) is 16.0 Å². The number of ether oxygens (including phenoxy) is 3. The molecule has 0 aromatic heterocycles. The van der Waals surface area contributed by atoms with Gasteiger partial charge in [0.1, 0.15) is 23.5 Å². The molecule has 300 valence electrons. The number of amides is 4. The molecule has 1 saturated carbocycles. The van der Waals surface area contributed by atoms with Gasteiger partial charge >= 0.3 is 12.2 Å². The lowest BCUT2D eigenvalue weighted by atomic mass is 9.73. The fraction of sp³-hybridized carbons (Fsp3) is 0.535. The van der Waals surface area contributed by atoms with E-state index < -0.39 is 29.8 Å². The minimum Gasteiger partial charge on any atom is -0.453 e. The normalized spacial score (nSPS) is 26.0. The Hall–Kier alpha value is -5.24. The Labute approximate surface area is 332 Å². The number of aliphatic imine (C=N–C) groups is 2. The maximum atomic E-state index is 13.6. The van der Waals surface area contributed by atoms with Crippen LogP contribution in [0.1, 0.15) is 87.0 Å². The third-order valence-electron chi connectivity index (χ3n) is 13.4. The number of allylic oxidation sites excluding steroid dienone is 1. The van der Waals surface area contributed by atoms with Gasteiger partial charge in [0.15, 0.2) is 0 Å². The molecule has 7 aliphatic rings. The van der Waals surface area contributed by atoms with Crippen molar-refractivity contribution in [1.82, 2.24) is 20.4 Å². The molecule has 1 spiro atoms. The number of amidine groups is 1. The van der Waals surface area contributed by atoms with E-state index in [1.165, 1.54) is 54.9 Å². The van der Waals surface area contributed by atoms with Gasteiger partial charge in [0.05, 0.1) is 39.5 Å². The number of carbonyl (C=O) groups is 4. The van der Waals surface area contributed by atoms with Crippen LogP contribution in [-0.4, -0.2) is 110 Å². The van der Waals surface area contributed by atoms with Gasteiger partial charge in [0.2, 0.25) is 11.8 Å². The first-order chi connectivity index (χ1) is 27.6. The molecule has 3 saturated heterocycles. The summed E-state index contributed by atoms with van der Waals surface area (Å²) in [6.45, 7) is 5.56. The zero-order valence-electron chi connectivity index (χ0n) is 33.1. The van der Waals surface area contributed by atoms with E-state index in [9.17, 15) is 19.2 Å². The van der Waals surface area contributed by atoms with Crippen LogP contribution >= 0.6 is 0 Å². The van der Waals surface area contributed by atoms with Crippen LogP contribution in [0, 0.1) is 5.92 Å². The second-order valence-corrected chi connectivity index (χ2v) is 16.7. The number of fused-ring (bicyclic) bond motifs is 5. The summed E-state index contributed by atoms with van der Waals surface area (Å²) >= 11 is 0. The van der Waals surface area contributed by atoms with Gasteiger partial charge in [-0.1, -0.05) is 24.3 Å². The van der Waals surface area contributed by atoms with Crippen LogP contribution in [0.3, 0.4) is 0 Å². The minimum absolute atomic E-state index is 0.0907. The number of benzene rings is 2. The van der Waals surface area contributed by atoms with Gasteiger partial charge in [-0.2, -0.15) is 0 Å². The SMILES string of the molecule is COC(=O)N[C@@H](C)C(=O)N1CCCC1C1=NC2(COC2)c2ccc(-c3ccc(C4=CN=C([C@@H]5CCCN5C(=O)[C@H](C)NC(=O)OC)C4)c4c3CC3CCC43)cc2N1. The molecule has 5 heterocycles. The Balaban J connectivity index is 0.970. The van der Waals surface area contributed by atoms with Gasteiger partial charge in [-0.05, 0) is 110 Å². The zero-order chi connectivity index (χ0) is 39.6. The third kappa shape index (κ3) is 6.36. The van der Waals surface area contributed by atoms with Crippen LogP contribution in [0.15, 0.2) is 46.5 Å². The molecule has 0 bridgehead atoms. The molecule has 3 unspecified atom stereocenters. The predicted molar refractivity (Wildman–Crippen MR) is 214 cm³/mol. The van der Waals surface area contributed by atoms with Crippen molar-refractivity contribution in [2.45, 2.75) is 101 Å². The number of rotatable bonds is 8. The van der Waals surface area contributed by atoms with Crippen molar-refractivity contribution in [2.24, 2.45) is 15.9 Å². The summed E-state index contributed by atoms with van der Waals surface area (Å²) in [6.07, 6.45) is 8.28. The van der Waals surface area contributed by atoms with Gasteiger partial charge in [-0.25, -0.2) is 9.59 Å². The largest absolute Gasteiger partial charge is 0.453 e.